The van der Waals surface area contributed by atoms with Crippen molar-refractivity contribution < 1.29 is 23.8 Å². The highest BCUT2D eigenvalue weighted by Gasteiger charge is 2.10. The van der Waals surface area contributed by atoms with Crippen molar-refractivity contribution in [3.8, 4) is 17.2 Å². The summed E-state index contributed by atoms with van der Waals surface area (Å²) in [6.45, 7) is 2.36. The molecule has 0 aliphatic rings. The predicted molar refractivity (Wildman–Crippen MR) is 121 cm³/mol. The lowest BCUT2D eigenvalue weighted by atomic mass is 10.1. The van der Waals surface area contributed by atoms with Crippen molar-refractivity contribution in [2.45, 2.75) is 25.5 Å². The topological polar surface area (TPSA) is 93.8 Å². The van der Waals surface area contributed by atoms with Crippen LogP contribution in [0.3, 0.4) is 0 Å². The molecule has 0 radical (unpaired) electrons. The number of amides is 1. The van der Waals surface area contributed by atoms with E-state index in [1.165, 1.54) is 12.1 Å². The first-order valence-corrected chi connectivity index (χ1v) is 10.4. The number of aliphatic hydroxyl groups is 1. The van der Waals surface area contributed by atoms with Crippen molar-refractivity contribution in [1.29, 1.82) is 0 Å². The maximum absolute atomic E-state index is 13.5. The minimum absolute atomic E-state index is 0.00705. The minimum atomic E-state index is -0.756. The molecule has 1 amide bonds. The molecule has 32 heavy (non-hydrogen) atoms. The SMILES string of the molecule is C[C@H](Cc1ccc(Oc2ccc(C(N)=O)cc2)cc1)NC[C@H](O)COc1ccccc1F. The van der Waals surface area contributed by atoms with E-state index in [1.54, 1.807) is 36.4 Å². The largest absolute Gasteiger partial charge is 0.488 e. The molecule has 7 heteroatoms. The van der Waals surface area contributed by atoms with Gasteiger partial charge < -0.3 is 25.6 Å². The van der Waals surface area contributed by atoms with Crippen molar-refractivity contribution in [3.05, 3.63) is 89.7 Å². The molecule has 0 spiro atoms. The minimum Gasteiger partial charge on any atom is -0.488 e. The van der Waals surface area contributed by atoms with Crippen LogP contribution in [0.1, 0.15) is 22.8 Å². The number of halogens is 1. The van der Waals surface area contributed by atoms with Gasteiger partial charge in [-0.1, -0.05) is 24.3 Å². The molecule has 0 bridgehead atoms. The number of rotatable bonds is 11. The van der Waals surface area contributed by atoms with E-state index in [-0.39, 0.29) is 18.4 Å². The van der Waals surface area contributed by atoms with Gasteiger partial charge in [-0.2, -0.15) is 0 Å². The highest BCUT2D eigenvalue weighted by atomic mass is 19.1. The summed E-state index contributed by atoms with van der Waals surface area (Å²) in [5.74, 6) is 0.502. The number of benzene rings is 3. The van der Waals surface area contributed by atoms with Gasteiger partial charge in [0.2, 0.25) is 5.91 Å². The summed E-state index contributed by atoms with van der Waals surface area (Å²) < 4.78 is 24.7. The van der Waals surface area contributed by atoms with Crippen LogP contribution >= 0.6 is 0 Å². The second-order valence-corrected chi connectivity index (χ2v) is 7.54. The van der Waals surface area contributed by atoms with Gasteiger partial charge in [0.1, 0.15) is 24.2 Å². The third kappa shape index (κ3) is 7.08. The van der Waals surface area contributed by atoms with E-state index in [9.17, 15) is 14.3 Å². The molecule has 0 heterocycles. The second kappa shape index (κ2) is 11.3. The highest BCUT2D eigenvalue weighted by molar-refractivity contribution is 5.92. The number of hydrogen-bond donors (Lipinski definition) is 3. The van der Waals surface area contributed by atoms with E-state index >= 15 is 0 Å². The van der Waals surface area contributed by atoms with Crippen molar-refractivity contribution >= 4 is 5.91 Å². The van der Waals surface area contributed by atoms with Gasteiger partial charge in [0.25, 0.3) is 0 Å². The van der Waals surface area contributed by atoms with Gasteiger partial charge in [0.05, 0.1) is 0 Å². The zero-order valence-electron chi connectivity index (χ0n) is 17.8. The molecule has 0 saturated carbocycles. The Kier molecular flexibility index (Phi) is 8.19. The maximum Gasteiger partial charge on any atom is 0.248 e. The van der Waals surface area contributed by atoms with Crippen LogP contribution < -0.4 is 20.5 Å². The monoisotopic (exact) mass is 438 g/mol. The van der Waals surface area contributed by atoms with Gasteiger partial charge in [-0.05, 0) is 67.4 Å². The lowest BCUT2D eigenvalue weighted by molar-refractivity contribution is 0.1000. The van der Waals surface area contributed by atoms with E-state index in [0.717, 1.165) is 12.0 Å². The molecule has 2 atom stereocenters. The normalized spacial score (nSPS) is 12.7. The molecule has 168 valence electrons. The first-order chi connectivity index (χ1) is 15.4. The molecule has 4 N–H and O–H groups in total. The molecule has 0 unspecified atom stereocenters. The third-order valence-corrected chi connectivity index (χ3v) is 4.81. The number of carbonyl (C=O) groups excluding carboxylic acids is 1. The molecular weight excluding hydrogens is 411 g/mol. The van der Waals surface area contributed by atoms with Crippen LogP contribution in [-0.4, -0.2) is 36.3 Å². The zero-order valence-corrected chi connectivity index (χ0v) is 17.8. The summed E-state index contributed by atoms with van der Waals surface area (Å²) >= 11 is 0. The average Bonchev–Trinajstić information content (AvgIpc) is 2.79. The van der Waals surface area contributed by atoms with Crippen molar-refractivity contribution in [2.75, 3.05) is 13.2 Å². The highest BCUT2D eigenvalue weighted by Crippen LogP contribution is 2.22. The molecule has 3 rings (SSSR count). The fourth-order valence-electron chi connectivity index (χ4n) is 3.09. The van der Waals surface area contributed by atoms with Gasteiger partial charge in [-0.25, -0.2) is 4.39 Å². The molecule has 6 nitrogen and oxygen atoms in total. The second-order valence-electron chi connectivity index (χ2n) is 7.54. The number of aliphatic hydroxyl groups excluding tert-OH is 1. The number of primary amides is 1. The van der Waals surface area contributed by atoms with E-state index in [0.29, 0.717) is 23.6 Å². The Balaban J connectivity index is 1.41. The lowest BCUT2D eigenvalue weighted by Crippen LogP contribution is -2.37. The molecule has 0 aliphatic carbocycles. The summed E-state index contributed by atoms with van der Waals surface area (Å²) in [6, 6.07) is 20.6. The molecule has 0 fully saturated rings. The number of para-hydroxylation sites is 1. The van der Waals surface area contributed by atoms with E-state index in [2.05, 4.69) is 5.32 Å². The Morgan fingerprint density at radius 1 is 1.03 bits per heavy atom. The van der Waals surface area contributed by atoms with Gasteiger partial charge in [-0.3, -0.25) is 4.79 Å². The van der Waals surface area contributed by atoms with Crippen molar-refractivity contribution in [3.63, 3.8) is 0 Å². The quantitative estimate of drug-likeness (QED) is 0.425. The first kappa shape index (κ1) is 23.2. The van der Waals surface area contributed by atoms with Crippen molar-refractivity contribution in [1.82, 2.24) is 5.32 Å². The van der Waals surface area contributed by atoms with E-state index in [1.807, 2.05) is 31.2 Å². The lowest BCUT2D eigenvalue weighted by Gasteiger charge is -2.18. The van der Waals surface area contributed by atoms with Crippen LogP contribution in [0, 0.1) is 5.82 Å². The van der Waals surface area contributed by atoms with Gasteiger partial charge in [-0.15, -0.1) is 0 Å². The average molecular weight is 438 g/mol. The van der Waals surface area contributed by atoms with Gasteiger partial charge in [0.15, 0.2) is 11.6 Å². The summed E-state index contributed by atoms with van der Waals surface area (Å²) in [7, 11) is 0. The van der Waals surface area contributed by atoms with Crippen LogP contribution in [0.2, 0.25) is 0 Å². The standard InChI is InChI=1S/C25H27FN2O4/c1-17(28-15-20(29)16-31-24-5-3-2-4-23(24)26)14-18-6-10-21(11-7-18)32-22-12-8-19(9-13-22)25(27)30/h2-13,17,20,28-29H,14-16H2,1H3,(H2,27,30)/t17-,20+/m1/s1. The Bertz CT molecular complexity index is 1010. The first-order valence-electron chi connectivity index (χ1n) is 10.4. The van der Waals surface area contributed by atoms with Crippen LogP contribution in [-0.2, 0) is 6.42 Å². The van der Waals surface area contributed by atoms with Gasteiger partial charge >= 0.3 is 0 Å². The smallest absolute Gasteiger partial charge is 0.248 e. The van der Waals surface area contributed by atoms with Gasteiger partial charge in [0, 0.05) is 18.2 Å². The predicted octanol–water partition coefficient (Wildman–Crippen LogP) is 3.68. The van der Waals surface area contributed by atoms with Crippen LogP contribution in [0.15, 0.2) is 72.8 Å². The Hall–Kier alpha value is -3.42. The van der Waals surface area contributed by atoms with Crippen LogP contribution in [0.5, 0.6) is 17.2 Å². The zero-order chi connectivity index (χ0) is 22.9. The molecular formula is C25H27FN2O4. The van der Waals surface area contributed by atoms with E-state index < -0.39 is 17.8 Å². The molecule has 3 aromatic carbocycles. The summed E-state index contributed by atoms with van der Waals surface area (Å²) in [4.78, 5) is 11.1. The number of hydrogen-bond acceptors (Lipinski definition) is 5. The summed E-state index contributed by atoms with van der Waals surface area (Å²) in [5.41, 5.74) is 6.78. The molecule has 0 saturated heterocycles. The van der Waals surface area contributed by atoms with E-state index in [4.69, 9.17) is 15.2 Å². The third-order valence-electron chi connectivity index (χ3n) is 4.81. The molecule has 0 aliphatic heterocycles. The Morgan fingerprint density at radius 2 is 1.66 bits per heavy atom. The number of nitrogens with one attached hydrogen (secondary N) is 1. The molecule has 0 aromatic heterocycles. The van der Waals surface area contributed by atoms with Crippen molar-refractivity contribution in [2.24, 2.45) is 5.73 Å². The molecule has 3 aromatic rings. The number of ether oxygens (including phenoxy) is 2. The fourth-order valence-corrected chi connectivity index (χ4v) is 3.09. The van der Waals surface area contributed by atoms with Crippen LogP contribution in [0.4, 0.5) is 4.39 Å². The summed E-state index contributed by atoms with van der Waals surface area (Å²) in [6.07, 6.45) is 0.00266. The Morgan fingerprint density at radius 3 is 2.28 bits per heavy atom. The maximum atomic E-state index is 13.5. The van der Waals surface area contributed by atoms with Crippen LogP contribution in [0.25, 0.3) is 0 Å². The summed E-state index contributed by atoms with van der Waals surface area (Å²) in [5, 5.41) is 13.3. The number of carbonyl (C=O) groups is 1. The fraction of sp³-hybridized carbons (Fsp3) is 0.240. The Labute approximate surface area is 186 Å². The number of nitrogens with two attached hydrogens (primary N) is 1.